The number of amides is 1. The van der Waals surface area contributed by atoms with Crippen molar-refractivity contribution in [2.24, 2.45) is 0 Å². The van der Waals surface area contributed by atoms with Gasteiger partial charge in [0.1, 0.15) is 5.69 Å². The number of H-pyrrole nitrogens is 1. The molecule has 0 unspecified atom stereocenters. The van der Waals surface area contributed by atoms with Crippen molar-refractivity contribution in [1.82, 2.24) is 20.5 Å². The zero-order valence-electron chi connectivity index (χ0n) is 10.8. The summed E-state index contributed by atoms with van der Waals surface area (Å²) in [6.07, 6.45) is 3.16. The summed E-state index contributed by atoms with van der Waals surface area (Å²) in [7, 11) is 0. The van der Waals surface area contributed by atoms with Crippen LogP contribution in [0, 0.1) is 6.92 Å². The molecule has 0 aromatic carbocycles. The van der Waals surface area contributed by atoms with Gasteiger partial charge in [-0.2, -0.15) is 5.10 Å². The minimum Gasteiger partial charge on any atom is -0.350 e. The Labute approximate surface area is 115 Å². The normalized spacial score (nSPS) is 14.6. The van der Waals surface area contributed by atoms with Crippen LogP contribution in [0.25, 0.3) is 0 Å². The van der Waals surface area contributed by atoms with Crippen LogP contribution in [0.5, 0.6) is 0 Å². The van der Waals surface area contributed by atoms with Crippen LogP contribution < -0.4 is 5.32 Å². The van der Waals surface area contributed by atoms with Crippen molar-refractivity contribution in [3.8, 4) is 0 Å². The van der Waals surface area contributed by atoms with Crippen molar-refractivity contribution < 1.29 is 4.79 Å². The van der Waals surface area contributed by atoms with Gasteiger partial charge in [0, 0.05) is 30.0 Å². The first kappa shape index (κ1) is 12.3. The number of aromatic nitrogens is 3. The van der Waals surface area contributed by atoms with E-state index in [0.717, 1.165) is 22.8 Å². The van der Waals surface area contributed by atoms with Gasteiger partial charge in [-0.1, -0.05) is 0 Å². The van der Waals surface area contributed by atoms with E-state index in [-0.39, 0.29) is 5.91 Å². The van der Waals surface area contributed by atoms with E-state index in [1.54, 1.807) is 11.3 Å². The Kier molecular flexibility index (Phi) is 3.33. The van der Waals surface area contributed by atoms with E-state index < -0.39 is 0 Å². The lowest BCUT2D eigenvalue weighted by molar-refractivity contribution is 0.0949. The molecular formula is C13H16N4OS. The van der Waals surface area contributed by atoms with Crippen LogP contribution in [0.1, 0.15) is 45.6 Å². The van der Waals surface area contributed by atoms with Gasteiger partial charge in [-0.25, -0.2) is 4.98 Å². The van der Waals surface area contributed by atoms with Crippen molar-refractivity contribution in [1.29, 1.82) is 0 Å². The second kappa shape index (κ2) is 5.13. The van der Waals surface area contributed by atoms with Crippen molar-refractivity contribution in [3.63, 3.8) is 0 Å². The number of carbonyl (C=O) groups excluding carboxylic acids is 1. The van der Waals surface area contributed by atoms with Crippen LogP contribution >= 0.6 is 11.3 Å². The molecule has 1 aliphatic rings. The first-order valence-electron chi connectivity index (χ1n) is 6.47. The highest BCUT2D eigenvalue weighted by molar-refractivity contribution is 7.09. The van der Waals surface area contributed by atoms with Gasteiger partial charge in [0.25, 0.3) is 5.91 Å². The molecule has 2 heterocycles. The molecule has 0 aliphatic heterocycles. The summed E-state index contributed by atoms with van der Waals surface area (Å²) in [5, 5.41) is 13.0. The topological polar surface area (TPSA) is 70.7 Å². The first-order valence-corrected chi connectivity index (χ1v) is 7.35. The van der Waals surface area contributed by atoms with Crippen LogP contribution in [-0.4, -0.2) is 27.6 Å². The molecule has 100 valence electrons. The van der Waals surface area contributed by atoms with Gasteiger partial charge in [0.05, 0.1) is 10.7 Å². The van der Waals surface area contributed by atoms with Gasteiger partial charge in [0.2, 0.25) is 0 Å². The highest BCUT2D eigenvalue weighted by Gasteiger charge is 2.26. The van der Waals surface area contributed by atoms with Crippen LogP contribution in [0.3, 0.4) is 0 Å². The number of hydrogen-bond acceptors (Lipinski definition) is 4. The molecule has 3 rings (SSSR count). The van der Waals surface area contributed by atoms with Crippen molar-refractivity contribution >= 4 is 17.2 Å². The smallest absolute Gasteiger partial charge is 0.271 e. The molecule has 19 heavy (non-hydrogen) atoms. The molecule has 2 aromatic rings. The average molecular weight is 276 g/mol. The van der Waals surface area contributed by atoms with Crippen molar-refractivity contribution in [3.05, 3.63) is 33.5 Å². The van der Waals surface area contributed by atoms with E-state index in [1.165, 1.54) is 12.8 Å². The number of aromatic amines is 1. The Bertz CT molecular complexity index is 585. The lowest BCUT2D eigenvalue weighted by atomic mass is 10.2. The quantitative estimate of drug-likeness (QED) is 0.877. The third kappa shape index (κ3) is 3.01. The lowest BCUT2D eigenvalue weighted by Crippen LogP contribution is -2.26. The highest BCUT2D eigenvalue weighted by Crippen LogP contribution is 2.38. The maximum atomic E-state index is 11.9. The summed E-state index contributed by atoms with van der Waals surface area (Å²) in [6, 6.07) is 1.86. The van der Waals surface area contributed by atoms with Gasteiger partial charge in [-0.3, -0.25) is 9.89 Å². The van der Waals surface area contributed by atoms with E-state index in [0.29, 0.717) is 18.2 Å². The maximum Gasteiger partial charge on any atom is 0.271 e. The first-order chi connectivity index (χ1) is 9.22. The second-order valence-corrected chi connectivity index (χ2v) is 5.91. The van der Waals surface area contributed by atoms with Crippen LogP contribution in [0.2, 0.25) is 0 Å². The Hall–Kier alpha value is -1.69. The van der Waals surface area contributed by atoms with Crippen LogP contribution in [0.4, 0.5) is 0 Å². The molecule has 0 bridgehead atoms. The number of thiazole rings is 1. The number of nitrogens with one attached hydrogen (secondary N) is 2. The summed E-state index contributed by atoms with van der Waals surface area (Å²) in [4.78, 5) is 16.2. The number of nitrogens with zero attached hydrogens (tertiary/aromatic N) is 2. The summed E-state index contributed by atoms with van der Waals surface area (Å²) in [6.45, 7) is 2.57. The number of carbonyl (C=O) groups is 1. The van der Waals surface area contributed by atoms with Gasteiger partial charge >= 0.3 is 0 Å². The molecule has 1 saturated carbocycles. The molecule has 1 aliphatic carbocycles. The molecule has 0 spiro atoms. The largest absolute Gasteiger partial charge is 0.350 e. The van der Waals surface area contributed by atoms with E-state index in [4.69, 9.17) is 0 Å². The Morgan fingerprint density at radius 3 is 3.11 bits per heavy atom. The Morgan fingerprint density at radius 2 is 2.42 bits per heavy atom. The van der Waals surface area contributed by atoms with E-state index in [2.05, 4.69) is 20.5 Å². The minimum atomic E-state index is -0.116. The molecule has 1 amide bonds. The highest BCUT2D eigenvalue weighted by atomic mass is 32.1. The van der Waals surface area contributed by atoms with Crippen molar-refractivity contribution in [2.75, 3.05) is 6.54 Å². The summed E-state index contributed by atoms with van der Waals surface area (Å²) in [5.41, 5.74) is 2.60. The molecule has 1 fully saturated rings. The fraction of sp³-hybridized carbons (Fsp3) is 0.462. The lowest BCUT2D eigenvalue weighted by Gasteiger charge is -2.00. The minimum absolute atomic E-state index is 0.116. The van der Waals surface area contributed by atoms with Crippen LogP contribution in [-0.2, 0) is 6.42 Å². The second-order valence-electron chi connectivity index (χ2n) is 4.85. The van der Waals surface area contributed by atoms with Gasteiger partial charge in [0.15, 0.2) is 0 Å². The predicted molar refractivity (Wildman–Crippen MR) is 73.5 cm³/mol. The molecule has 2 aromatic heterocycles. The summed E-state index contributed by atoms with van der Waals surface area (Å²) >= 11 is 1.63. The predicted octanol–water partition coefficient (Wildman–Crippen LogP) is 2.02. The van der Waals surface area contributed by atoms with Gasteiger partial charge < -0.3 is 5.32 Å². The summed E-state index contributed by atoms with van der Waals surface area (Å²) in [5.74, 6) is 0.474. The van der Waals surface area contributed by atoms with Crippen molar-refractivity contribution in [2.45, 2.75) is 32.1 Å². The number of aryl methyl sites for hydroxylation is 1. The molecule has 0 saturated heterocycles. The molecular weight excluding hydrogens is 260 g/mol. The standard InChI is InChI=1S/C13H16N4OS/c1-8-15-10(7-19-8)4-5-14-13(18)12-6-11(16-17-12)9-2-3-9/h6-7,9H,2-5H2,1H3,(H,14,18)(H,16,17). The molecule has 2 N–H and O–H groups in total. The third-order valence-electron chi connectivity index (χ3n) is 3.18. The number of hydrogen-bond donors (Lipinski definition) is 2. The zero-order valence-corrected chi connectivity index (χ0v) is 11.6. The molecule has 0 atom stereocenters. The van der Waals surface area contributed by atoms with Crippen LogP contribution in [0.15, 0.2) is 11.4 Å². The van der Waals surface area contributed by atoms with E-state index in [1.807, 2.05) is 18.4 Å². The Balaban J connectivity index is 1.50. The average Bonchev–Trinajstić information content (AvgIpc) is 2.97. The molecule has 6 heteroatoms. The Morgan fingerprint density at radius 1 is 1.58 bits per heavy atom. The monoisotopic (exact) mass is 276 g/mol. The molecule has 0 radical (unpaired) electrons. The third-order valence-corrected chi connectivity index (χ3v) is 4.00. The SMILES string of the molecule is Cc1nc(CCNC(=O)c2cc(C3CC3)[nH]n2)cs1. The van der Waals surface area contributed by atoms with Gasteiger partial charge in [-0.15, -0.1) is 11.3 Å². The number of rotatable bonds is 5. The van der Waals surface area contributed by atoms with E-state index in [9.17, 15) is 4.79 Å². The fourth-order valence-electron chi connectivity index (χ4n) is 1.97. The molecule has 5 nitrogen and oxygen atoms in total. The fourth-order valence-corrected chi connectivity index (χ4v) is 2.62. The van der Waals surface area contributed by atoms with E-state index >= 15 is 0 Å². The maximum absolute atomic E-state index is 11.9. The summed E-state index contributed by atoms with van der Waals surface area (Å²) < 4.78 is 0. The zero-order chi connectivity index (χ0) is 13.2. The van der Waals surface area contributed by atoms with Gasteiger partial charge in [-0.05, 0) is 25.8 Å².